The number of nitrogens with zero attached hydrogens (tertiary/aromatic N) is 1. The molecule has 1 heteroatoms. The fourth-order valence-corrected chi connectivity index (χ4v) is 4.92. The topological polar surface area (TPSA) is 3.24 Å². The van der Waals surface area contributed by atoms with E-state index in [-0.39, 0.29) is 0 Å². The second-order valence-electron chi connectivity index (χ2n) is 9.55. The monoisotopic (exact) mass is 487 g/mol. The predicted octanol–water partition coefficient (Wildman–Crippen LogP) is 10.1. The molecule has 0 aliphatic heterocycles. The lowest BCUT2D eigenvalue weighted by Crippen LogP contribution is -2.08. The Morgan fingerprint density at radius 3 is 0.895 bits per heavy atom. The molecule has 1 nitrogen and oxygen atoms in total. The van der Waals surface area contributed by atoms with Crippen molar-refractivity contribution in [2.45, 2.75) is 0 Å². The zero-order valence-electron chi connectivity index (χ0n) is 21.5. The smallest absolute Gasteiger partial charge is 0.0408 e. The van der Waals surface area contributed by atoms with Gasteiger partial charge in [-0.05, 0) is 87.0 Å². The van der Waals surface area contributed by atoms with Gasteiger partial charge in [-0.2, -0.15) is 0 Å². The second kappa shape index (κ2) is 10.6. The van der Waals surface area contributed by atoms with Gasteiger partial charge in [0.15, 0.2) is 0 Å². The number of hydrogen-bond acceptors (Lipinski definition) is 1. The van der Waals surface area contributed by atoms with Crippen molar-refractivity contribution in [1.82, 2.24) is 0 Å². The first-order valence-corrected chi connectivity index (χ1v) is 13.0. The largest absolute Gasteiger partial charge is 0.345 e. The Morgan fingerprint density at radius 1 is 0.289 bits per heavy atom. The maximum Gasteiger partial charge on any atom is 0.0408 e. The summed E-state index contributed by atoms with van der Waals surface area (Å²) in [4.78, 5) is 2.23. The van der Waals surface area contributed by atoms with E-state index in [9.17, 15) is 0 Å². The fraction of sp³-hybridized carbons (Fsp3) is 0.0270. The molecule has 0 fully saturated rings. The third-order valence-electron chi connectivity index (χ3n) is 7.10. The van der Waals surface area contributed by atoms with Gasteiger partial charge in [0.05, 0.1) is 0 Å². The van der Waals surface area contributed by atoms with E-state index in [0.29, 0.717) is 0 Å². The van der Waals surface area contributed by atoms with E-state index in [1.165, 1.54) is 44.5 Å². The van der Waals surface area contributed by atoms with Crippen molar-refractivity contribution in [1.29, 1.82) is 0 Å². The van der Waals surface area contributed by atoms with Gasteiger partial charge >= 0.3 is 0 Å². The van der Waals surface area contributed by atoms with Crippen LogP contribution in [-0.4, -0.2) is 7.05 Å². The number of hydrogen-bond donors (Lipinski definition) is 0. The molecule has 6 rings (SSSR count). The van der Waals surface area contributed by atoms with Crippen molar-refractivity contribution in [2.24, 2.45) is 0 Å². The van der Waals surface area contributed by atoms with E-state index in [1.807, 2.05) is 0 Å². The summed E-state index contributed by atoms with van der Waals surface area (Å²) >= 11 is 0. The molecule has 0 atom stereocenters. The van der Waals surface area contributed by atoms with Crippen LogP contribution in [0.15, 0.2) is 158 Å². The zero-order valence-corrected chi connectivity index (χ0v) is 21.5. The number of benzene rings is 6. The minimum Gasteiger partial charge on any atom is -0.345 e. The van der Waals surface area contributed by atoms with Gasteiger partial charge in [0.2, 0.25) is 0 Å². The highest BCUT2D eigenvalue weighted by atomic mass is 15.1. The Bertz CT molecular complexity index is 1560. The molecule has 0 spiro atoms. The average Bonchev–Trinajstić information content (AvgIpc) is 3.02. The normalized spacial score (nSPS) is 10.8. The Labute approximate surface area is 225 Å². The zero-order chi connectivity index (χ0) is 25.7. The second-order valence-corrected chi connectivity index (χ2v) is 9.55. The summed E-state index contributed by atoms with van der Waals surface area (Å²) in [6.45, 7) is 0. The van der Waals surface area contributed by atoms with Gasteiger partial charge in [0, 0.05) is 18.4 Å². The molecule has 0 aliphatic carbocycles. The van der Waals surface area contributed by atoms with Crippen molar-refractivity contribution in [3.05, 3.63) is 158 Å². The molecule has 0 bridgehead atoms. The van der Waals surface area contributed by atoms with E-state index in [0.717, 1.165) is 11.4 Å². The van der Waals surface area contributed by atoms with Crippen LogP contribution >= 0.6 is 0 Å². The van der Waals surface area contributed by atoms with Crippen LogP contribution in [-0.2, 0) is 0 Å². The molecule has 0 radical (unpaired) electrons. The maximum absolute atomic E-state index is 2.29. The quantitative estimate of drug-likeness (QED) is 0.226. The molecule has 0 amide bonds. The predicted molar refractivity (Wildman–Crippen MR) is 163 cm³/mol. The van der Waals surface area contributed by atoms with Gasteiger partial charge in [-0.3, -0.25) is 0 Å². The Kier molecular flexibility index (Phi) is 6.57. The summed E-state index contributed by atoms with van der Waals surface area (Å²) in [5.41, 5.74) is 12.1. The molecule has 0 unspecified atom stereocenters. The summed E-state index contributed by atoms with van der Waals surface area (Å²) in [5.74, 6) is 0. The third kappa shape index (κ3) is 5.00. The van der Waals surface area contributed by atoms with Gasteiger partial charge in [-0.1, -0.05) is 115 Å². The average molecular weight is 488 g/mol. The van der Waals surface area contributed by atoms with Crippen molar-refractivity contribution < 1.29 is 0 Å². The lowest BCUT2D eigenvalue weighted by atomic mass is 9.93. The number of rotatable bonds is 6. The van der Waals surface area contributed by atoms with Crippen LogP contribution in [0.5, 0.6) is 0 Å². The van der Waals surface area contributed by atoms with Crippen LogP contribution in [0.3, 0.4) is 0 Å². The van der Waals surface area contributed by atoms with Crippen LogP contribution in [0.4, 0.5) is 11.4 Å². The molecular formula is C37H29N. The molecule has 0 aliphatic rings. The molecule has 0 saturated carbocycles. The molecule has 0 aromatic heterocycles. The number of anilines is 2. The van der Waals surface area contributed by atoms with E-state index >= 15 is 0 Å². The standard InChI is InChI=1S/C37H29N/c1-38(36-21-17-31(18-22-36)28-11-5-2-6-12-28)37-23-19-32(20-24-37)35-26-33(29-13-7-3-8-14-29)25-34(27-35)30-15-9-4-10-16-30/h2-27H,1H3. The highest BCUT2D eigenvalue weighted by molar-refractivity contribution is 5.82. The van der Waals surface area contributed by atoms with Gasteiger partial charge < -0.3 is 4.90 Å². The Balaban J connectivity index is 1.30. The first-order valence-electron chi connectivity index (χ1n) is 13.0. The summed E-state index contributed by atoms with van der Waals surface area (Å²) in [7, 11) is 2.12. The van der Waals surface area contributed by atoms with Gasteiger partial charge in [-0.15, -0.1) is 0 Å². The van der Waals surface area contributed by atoms with Crippen LogP contribution in [0.25, 0.3) is 44.5 Å². The van der Waals surface area contributed by atoms with Crippen LogP contribution in [0.1, 0.15) is 0 Å². The SMILES string of the molecule is CN(c1ccc(-c2ccccc2)cc1)c1ccc(-c2cc(-c3ccccc3)cc(-c3ccccc3)c2)cc1. The lowest BCUT2D eigenvalue weighted by Gasteiger charge is -2.20. The molecule has 182 valence electrons. The summed E-state index contributed by atoms with van der Waals surface area (Å²) < 4.78 is 0. The Hall–Kier alpha value is -4.88. The molecule has 0 saturated heterocycles. The van der Waals surface area contributed by atoms with E-state index in [2.05, 4.69) is 170 Å². The van der Waals surface area contributed by atoms with Crippen molar-refractivity contribution in [3.8, 4) is 44.5 Å². The fourth-order valence-electron chi connectivity index (χ4n) is 4.92. The molecule has 6 aromatic carbocycles. The van der Waals surface area contributed by atoms with Crippen molar-refractivity contribution in [3.63, 3.8) is 0 Å². The minimum absolute atomic E-state index is 1.16. The highest BCUT2D eigenvalue weighted by Crippen LogP contribution is 2.34. The summed E-state index contributed by atoms with van der Waals surface area (Å²) in [5, 5.41) is 0. The first-order chi connectivity index (χ1) is 18.7. The van der Waals surface area contributed by atoms with Crippen LogP contribution in [0, 0.1) is 0 Å². The molecule has 6 aromatic rings. The van der Waals surface area contributed by atoms with E-state index in [4.69, 9.17) is 0 Å². The first kappa shape index (κ1) is 23.5. The Morgan fingerprint density at radius 2 is 0.553 bits per heavy atom. The van der Waals surface area contributed by atoms with Crippen molar-refractivity contribution >= 4 is 11.4 Å². The lowest BCUT2D eigenvalue weighted by molar-refractivity contribution is 1.21. The van der Waals surface area contributed by atoms with Gasteiger partial charge in [0.1, 0.15) is 0 Å². The summed E-state index contributed by atoms with van der Waals surface area (Å²) in [6.07, 6.45) is 0. The van der Waals surface area contributed by atoms with Crippen LogP contribution < -0.4 is 4.90 Å². The van der Waals surface area contributed by atoms with E-state index < -0.39 is 0 Å². The van der Waals surface area contributed by atoms with Crippen molar-refractivity contribution in [2.75, 3.05) is 11.9 Å². The minimum atomic E-state index is 1.16. The highest BCUT2D eigenvalue weighted by Gasteiger charge is 2.09. The molecule has 38 heavy (non-hydrogen) atoms. The third-order valence-corrected chi connectivity index (χ3v) is 7.10. The van der Waals surface area contributed by atoms with Gasteiger partial charge in [0.25, 0.3) is 0 Å². The summed E-state index contributed by atoms with van der Waals surface area (Å²) in [6, 6.07) is 56.2. The molecule has 0 N–H and O–H groups in total. The van der Waals surface area contributed by atoms with E-state index in [1.54, 1.807) is 0 Å². The van der Waals surface area contributed by atoms with Gasteiger partial charge in [-0.25, -0.2) is 0 Å². The molecule has 0 heterocycles. The maximum atomic E-state index is 2.29. The van der Waals surface area contributed by atoms with Crippen LogP contribution in [0.2, 0.25) is 0 Å². The molecular weight excluding hydrogens is 458 g/mol.